The molecule has 0 aliphatic rings. The van der Waals surface area contributed by atoms with E-state index in [0.717, 1.165) is 12.1 Å². The van der Waals surface area contributed by atoms with Gasteiger partial charge in [-0.1, -0.05) is 47.9 Å². The Balaban J connectivity index is 0.000000385. The molecule has 112 valence electrons. The van der Waals surface area contributed by atoms with Crippen LogP contribution in [0, 0.1) is 0 Å². The van der Waals surface area contributed by atoms with Crippen molar-refractivity contribution >= 4 is 53.8 Å². The van der Waals surface area contributed by atoms with Gasteiger partial charge in [-0.05, 0) is 12.1 Å². The Morgan fingerprint density at radius 3 is 1.68 bits per heavy atom. The zero-order valence-electron chi connectivity index (χ0n) is 11.2. The Morgan fingerprint density at radius 1 is 0.909 bits per heavy atom. The maximum atomic E-state index is 10.7. The SMILES string of the molecule is O=C(O)c1ccccc1[O-].O=S(=O)(O)c1ccccc1[O-].[Ca+2]. The van der Waals surface area contributed by atoms with E-state index in [4.69, 9.17) is 9.66 Å². The van der Waals surface area contributed by atoms with E-state index in [1.54, 1.807) is 0 Å². The average Bonchev–Trinajstić information content (AvgIpc) is 2.39. The summed E-state index contributed by atoms with van der Waals surface area (Å²) >= 11 is 0. The first-order valence-corrected chi connectivity index (χ1v) is 6.90. The number of carboxylic acids is 1. The van der Waals surface area contributed by atoms with Crippen molar-refractivity contribution < 1.29 is 33.1 Å². The summed E-state index contributed by atoms with van der Waals surface area (Å²) in [7, 11) is -4.35. The molecule has 2 aromatic rings. The molecule has 22 heavy (non-hydrogen) atoms. The van der Waals surface area contributed by atoms with E-state index in [1.807, 2.05) is 0 Å². The average molecular weight is 350 g/mol. The quantitative estimate of drug-likeness (QED) is 0.578. The monoisotopic (exact) mass is 350 g/mol. The van der Waals surface area contributed by atoms with Gasteiger partial charge in [0.1, 0.15) is 0 Å². The predicted molar refractivity (Wildman–Crippen MR) is 74.3 cm³/mol. The summed E-state index contributed by atoms with van der Waals surface area (Å²) in [6.07, 6.45) is 0. The fraction of sp³-hybridized carbons (Fsp3) is 0. The molecule has 0 aromatic heterocycles. The minimum absolute atomic E-state index is 0. The number of hydrogen-bond acceptors (Lipinski definition) is 5. The minimum atomic E-state index is -4.35. The second-order valence-corrected chi connectivity index (χ2v) is 5.11. The summed E-state index contributed by atoms with van der Waals surface area (Å²) in [5.41, 5.74) is -0.178. The van der Waals surface area contributed by atoms with Crippen molar-refractivity contribution in [1.82, 2.24) is 0 Å². The molecule has 2 rings (SSSR count). The number of rotatable bonds is 2. The Hall–Kier alpha value is -1.32. The number of carbonyl (C=O) groups is 1. The molecule has 0 radical (unpaired) electrons. The first-order valence-electron chi connectivity index (χ1n) is 5.46. The second kappa shape index (κ2) is 8.96. The van der Waals surface area contributed by atoms with Crippen molar-refractivity contribution in [1.29, 1.82) is 0 Å². The second-order valence-electron chi connectivity index (χ2n) is 3.72. The summed E-state index contributed by atoms with van der Waals surface area (Å²) in [5, 5.41) is 29.8. The van der Waals surface area contributed by atoms with Crippen molar-refractivity contribution in [2.45, 2.75) is 4.90 Å². The molecule has 0 aliphatic heterocycles. The maximum absolute atomic E-state index is 10.7. The van der Waals surface area contributed by atoms with Gasteiger partial charge in [-0.2, -0.15) is 8.42 Å². The van der Waals surface area contributed by atoms with E-state index in [1.165, 1.54) is 36.4 Å². The van der Waals surface area contributed by atoms with Crippen LogP contribution in [0.3, 0.4) is 0 Å². The zero-order chi connectivity index (χ0) is 16.0. The molecular weight excluding hydrogens is 340 g/mol. The van der Waals surface area contributed by atoms with Crippen LogP contribution in [-0.2, 0) is 10.1 Å². The van der Waals surface area contributed by atoms with Crippen LogP contribution < -0.4 is 10.2 Å². The van der Waals surface area contributed by atoms with Crippen LogP contribution in [-0.4, -0.2) is 61.8 Å². The molecular formula is C13H10CaO7S. The number of aromatic carboxylic acids is 1. The van der Waals surface area contributed by atoms with Gasteiger partial charge in [-0.15, -0.1) is 0 Å². The van der Waals surface area contributed by atoms with E-state index in [2.05, 4.69) is 0 Å². The van der Waals surface area contributed by atoms with E-state index in [9.17, 15) is 23.4 Å². The first-order chi connectivity index (χ1) is 9.73. The maximum Gasteiger partial charge on any atom is 2.00 e. The number of hydrogen-bond donors (Lipinski definition) is 2. The van der Waals surface area contributed by atoms with Crippen LogP contribution in [0.4, 0.5) is 0 Å². The van der Waals surface area contributed by atoms with Gasteiger partial charge in [0.2, 0.25) is 0 Å². The molecule has 2 N–H and O–H groups in total. The van der Waals surface area contributed by atoms with Crippen molar-refractivity contribution in [3.8, 4) is 11.5 Å². The van der Waals surface area contributed by atoms with E-state index in [0.29, 0.717) is 0 Å². The molecule has 0 unspecified atom stereocenters. The summed E-state index contributed by atoms with van der Waals surface area (Å²) in [6, 6.07) is 10.4. The van der Waals surface area contributed by atoms with E-state index < -0.39 is 32.5 Å². The zero-order valence-corrected chi connectivity index (χ0v) is 14.2. The fourth-order valence-electron chi connectivity index (χ4n) is 1.31. The van der Waals surface area contributed by atoms with Crippen molar-refractivity contribution in [3.63, 3.8) is 0 Å². The van der Waals surface area contributed by atoms with Gasteiger partial charge in [0, 0.05) is 0 Å². The Morgan fingerprint density at radius 2 is 1.36 bits per heavy atom. The third-order valence-corrected chi connectivity index (χ3v) is 3.14. The predicted octanol–water partition coefficient (Wildman–Crippen LogP) is 0.0845. The largest absolute Gasteiger partial charge is 2.00 e. The van der Waals surface area contributed by atoms with Crippen molar-refractivity contribution in [2.75, 3.05) is 0 Å². The standard InChI is InChI=1S/C7H6O3.C6H6O4S.Ca/c8-6-4-2-1-3-5(6)7(9)10;7-5-3-1-2-4-6(5)11(8,9)10;/h1-4,8H,(H,9,10);1-4,7H,(H,8,9,10);/q;;+2/p-2. The Bertz CT molecular complexity index is 744. The van der Waals surface area contributed by atoms with Crippen LogP contribution >= 0.6 is 0 Å². The van der Waals surface area contributed by atoms with Gasteiger partial charge in [0.25, 0.3) is 10.1 Å². The molecule has 0 heterocycles. The number of para-hydroxylation sites is 2. The summed E-state index contributed by atoms with van der Waals surface area (Å²) in [6.45, 7) is 0. The van der Waals surface area contributed by atoms with Crippen LogP contribution in [0.2, 0.25) is 0 Å². The summed E-state index contributed by atoms with van der Waals surface area (Å²) in [4.78, 5) is 9.64. The van der Waals surface area contributed by atoms with Gasteiger partial charge >= 0.3 is 43.7 Å². The Kier molecular flexibility index (Phi) is 8.42. The molecule has 0 fully saturated rings. The molecule has 0 saturated heterocycles. The van der Waals surface area contributed by atoms with Gasteiger partial charge in [-0.25, -0.2) is 4.79 Å². The number of benzene rings is 2. The third kappa shape index (κ3) is 6.20. The molecule has 0 aliphatic carbocycles. The third-order valence-electron chi connectivity index (χ3n) is 2.24. The van der Waals surface area contributed by atoms with Gasteiger partial charge in [-0.3, -0.25) is 4.55 Å². The van der Waals surface area contributed by atoms with Crippen molar-refractivity contribution in [2.24, 2.45) is 0 Å². The molecule has 9 heteroatoms. The van der Waals surface area contributed by atoms with Gasteiger partial charge in [0.15, 0.2) is 0 Å². The molecule has 7 nitrogen and oxygen atoms in total. The molecule has 0 bridgehead atoms. The normalized spacial score (nSPS) is 9.86. The van der Waals surface area contributed by atoms with E-state index >= 15 is 0 Å². The molecule has 0 saturated carbocycles. The molecule has 0 atom stereocenters. The van der Waals surface area contributed by atoms with Gasteiger partial charge in [0.05, 0.1) is 10.5 Å². The van der Waals surface area contributed by atoms with Crippen LogP contribution in [0.15, 0.2) is 53.4 Å². The fourth-order valence-corrected chi connectivity index (χ4v) is 1.88. The number of carboxylic acid groups (broad SMARTS) is 1. The van der Waals surface area contributed by atoms with Crippen LogP contribution in [0.1, 0.15) is 10.4 Å². The summed E-state index contributed by atoms with van der Waals surface area (Å²) in [5.74, 6) is -2.32. The Labute approximate surface area is 156 Å². The van der Waals surface area contributed by atoms with Crippen molar-refractivity contribution in [3.05, 3.63) is 54.1 Å². The summed E-state index contributed by atoms with van der Waals surface area (Å²) < 4.78 is 29.3. The van der Waals surface area contributed by atoms with Crippen LogP contribution in [0.25, 0.3) is 0 Å². The molecule has 2 aromatic carbocycles. The minimum Gasteiger partial charge on any atom is -0.872 e. The topological polar surface area (TPSA) is 138 Å². The smallest absolute Gasteiger partial charge is 0.872 e. The van der Waals surface area contributed by atoms with Crippen LogP contribution in [0.5, 0.6) is 11.5 Å². The molecule has 0 spiro atoms. The molecule has 0 amide bonds. The van der Waals surface area contributed by atoms with E-state index in [-0.39, 0.29) is 43.3 Å². The van der Waals surface area contributed by atoms with Gasteiger partial charge < -0.3 is 15.3 Å². The first kappa shape index (κ1) is 20.7.